The van der Waals surface area contributed by atoms with Crippen LogP contribution in [0.5, 0.6) is 5.75 Å². The number of hydrogen-bond donors (Lipinski definition) is 0. The highest BCUT2D eigenvalue weighted by atomic mass is 35.5. The number of nitrogens with zero attached hydrogens (tertiary/aromatic N) is 2. The van der Waals surface area contributed by atoms with E-state index >= 15 is 0 Å². The maximum Gasteiger partial charge on any atom is 0.252 e. The predicted octanol–water partition coefficient (Wildman–Crippen LogP) is 3.43. The fourth-order valence-corrected chi connectivity index (χ4v) is 6.64. The average Bonchev–Trinajstić information content (AvgIpc) is 3.15. The van der Waals surface area contributed by atoms with Gasteiger partial charge in [0, 0.05) is 31.1 Å². The molecule has 2 aromatic rings. The molecule has 6 nitrogen and oxygen atoms in total. The third kappa shape index (κ3) is 5.21. The molecule has 1 saturated heterocycles. The minimum absolute atomic E-state index is 0.00935. The minimum atomic E-state index is -3.54. The number of benzene rings is 1. The Morgan fingerprint density at radius 3 is 2.39 bits per heavy atom. The zero-order valence-electron chi connectivity index (χ0n) is 15.3. The Kier molecular flexibility index (Phi) is 7.27. The van der Waals surface area contributed by atoms with Crippen molar-refractivity contribution in [3.8, 4) is 5.75 Å². The zero-order valence-corrected chi connectivity index (χ0v) is 18.5. The third-order valence-corrected chi connectivity index (χ3v) is 8.83. The lowest BCUT2D eigenvalue weighted by Crippen LogP contribution is -2.50. The number of hydrogen-bond acceptors (Lipinski definition) is 6. The van der Waals surface area contributed by atoms with E-state index in [-0.39, 0.29) is 23.2 Å². The van der Waals surface area contributed by atoms with Crippen molar-refractivity contribution >= 4 is 50.6 Å². The van der Waals surface area contributed by atoms with Crippen LogP contribution in [0.1, 0.15) is 6.92 Å². The number of ether oxygens (including phenoxy) is 1. The van der Waals surface area contributed by atoms with Crippen LogP contribution in [-0.4, -0.2) is 62.1 Å². The van der Waals surface area contributed by atoms with Crippen LogP contribution in [0.15, 0.2) is 45.5 Å². The molecule has 1 aromatic heterocycles. The number of piperazine rings is 1. The first-order valence-electron chi connectivity index (χ1n) is 8.79. The predicted molar refractivity (Wildman–Crippen MR) is 113 cm³/mol. The Bertz CT molecular complexity index is 907. The monoisotopic (exact) mass is 460 g/mol. The summed E-state index contributed by atoms with van der Waals surface area (Å²) in [4.78, 5) is 15.2. The molecule has 2 heterocycles. The molecule has 3 rings (SSSR count). The molecule has 0 saturated carbocycles. The number of thiophene rings is 1. The largest absolute Gasteiger partial charge is 0.494 e. The number of halogens is 1. The lowest BCUT2D eigenvalue weighted by atomic mass is 10.3. The number of amides is 1. The van der Waals surface area contributed by atoms with E-state index in [9.17, 15) is 13.2 Å². The van der Waals surface area contributed by atoms with Crippen molar-refractivity contribution in [3.05, 3.63) is 40.7 Å². The standard InChI is InChI=1S/C18H21ClN2O4S3/c1-2-25-14-3-5-15(6-4-14)26-13-17(22)20-9-11-21(12-10-20)28(23,24)18-8-7-16(19)27-18/h3-8H,2,9-13H2,1H3. The average molecular weight is 461 g/mol. The summed E-state index contributed by atoms with van der Waals surface area (Å²) in [5.41, 5.74) is 0. The van der Waals surface area contributed by atoms with Crippen LogP contribution >= 0.6 is 34.7 Å². The summed E-state index contributed by atoms with van der Waals surface area (Å²) >= 11 is 8.36. The van der Waals surface area contributed by atoms with E-state index in [1.165, 1.54) is 22.1 Å². The lowest BCUT2D eigenvalue weighted by Gasteiger charge is -2.33. The van der Waals surface area contributed by atoms with Crippen molar-refractivity contribution in [2.45, 2.75) is 16.0 Å². The SMILES string of the molecule is CCOc1ccc(SCC(=O)N2CCN(S(=O)(=O)c3ccc(Cl)s3)CC2)cc1. The number of rotatable bonds is 7. The van der Waals surface area contributed by atoms with Gasteiger partial charge in [-0.15, -0.1) is 23.1 Å². The minimum Gasteiger partial charge on any atom is -0.494 e. The number of sulfonamides is 1. The van der Waals surface area contributed by atoms with Crippen LogP contribution in [0.25, 0.3) is 0 Å². The van der Waals surface area contributed by atoms with Gasteiger partial charge in [-0.25, -0.2) is 8.42 Å². The van der Waals surface area contributed by atoms with Crippen LogP contribution < -0.4 is 4.74 Å². The van der Waals surface area contributed by atoms with Crippen molar-refractivity contribution in [1.82, 2.24) is 9.21 Å². The Morgan fingerprint density at radius 2 is 1.82 bits per heavy atom. The van der Waals surface area contributed by atoms with E-state index in [0.717, 1.165) is 22.0 Å². The van der Waals surface area contributed by atoms with Gasteiger partial charge in [-0.05, 0) is 43.3 Å². The van der Waals surface area contributed by atoms with Crippen molar-refractivity contribution in [2.24, 2.45) is 0 Å². The summed E-state index contributed by atoms with van der Waals surface area (Å²) in [5, 5.41) is 0. The summed E-state index contributed by atoms with van der Waals surface area (Å²) in [6.07, 6.45) is 0. The molecular formula is C18H21ClN2O4S3. The molecule has 1 aromatic carbocycles. The maximum atomic E-state index is 12.6. The summed E-state index contributed by atoms with van der Waals surface area (Å²) in [6, 6.07) is 10.7. The molecule has 1 amide bonds. The highest BCUT2D eigenvalue weighted by Crippen LogP contribution is 2.29. The van der Waals surface area contributed by atoms with Gasteiger partial charge in [-0.2, -0.15) is 4.31 Å². The van der Waals surface area contributed by atoms with Crippen LogP contribution in [0, 0.1) is 0 Å². The van der Waals surface area contributed by atoms with Crippen LogP contribution in [0.3, 0.4) is 0 Å². The zero-order chi connectivity index (χ0) is 20.1. The molecule has 0 unspecified atom stereocenters. The molecule has 0 spiro atoms. The van der Waals surface area contributed by atoms with E-state index in [0.29, 0.717) is 29.8 Å². The van der Waals surface area contributed by atoms with Gasteiger partial charge < -0.3 is 9.64 Å². The van der Waals surface area contributed by atoms with E-state index < -0.39 is 10.0 Å². The normalized spacial score (nSPS) is 15.6. The van der Waals surface area contributed by atoms with E-state index in [4.69, 9.17) is 16.3 Å². The van der Waals surface area contributed by atoms with Crippen molar-refractivity contribution in [1.29, 1.82) is 0 Å². The first-order chi connectivity index (χ1) is 13.4. The molecular weight excluding hydrogens is 440 g/mol. The lowest BCUT2D eigenvalue weighted by molar-refractivity contribution is -0.129. The van der Waals surface area contributed by atoms with Gasteiger partial charge in [0.2, 0.25) is 5.91 Å². The Balaban J connectivity index is 1.49. The molecule has 0 aliphatic carbocycles. The van der Waals surface area contributed by atoms with Crippen LogP contribution in [0.2, 0.25) is 4.34 Å². The molecule has 1 aliphatic heterocycles. The smallest absolute Gasteiger partial charge is 0.252 e. The summed E-state index contributed by atoms with van der Waals surface area (Å²) < 4.78 is 32.7. The van der Waals surface area contributed by atoms with Gasteiger partial charge in [0.25, 0.3) is 10.0 Å². The van der Waals surface area contributed by atoms with E-state index in [1.54, 1.807) is 11.0 Å². The molecule has 0 radical (unpaired) electrons. The molecule has 0 bridgehead atoms. The molecule has 1 aliphatic rings. The Morgan fingerprint density at radius 1 is 1.14 bits per heavy atom. The molecule has 152 valence electrons. The highest BCUT2D eigenvalue weighted by Gasteiger charge is 2.31. The molecule has 1 fully saturated rings. The van der Waals surface area contributed by atoms with Crippen molar-refractivity contribution in [2.75, 3.05) is 38.5 Å². The Hall–Kier alpha value is -1.26. The summed E-state index contributed by atoms with van der Waals surface area (Å²) in [7, 11) is -3.54. The van der Waals surface area contributed by atoms with Crippen LogP contribution in [-0.2, 0) is 14.8 Å². The van der Waals surface area contributed by atoms with E-state index in [1.807, 2.05) is 31.2 Å². The first-order valence-corrected chi connectivity index (χ1v) is 12.4. The molecule has 0 N–H and O–H groups in total. The maximum absolute atomic E-state index is 12.6. The second-order valence-corrected chi connectivity index (χ2v) is 11.0. The second-order valence-electron chi connectivity index (χ2n) is 6.04. The van der Waals surface area contributed by atoms with Gasteiger partial charge >= 0.3 is 0 Å². The summed E-state index contributed by atoms with van der Waals surface area (Å²) in [5.74, 6) is 1.14. The highest BCUT2D eigenvalue weighted by molar-refractivity contribution is 8.00. The summed E-state index contributed by atoms with van der Waals surface area (Å²) in [6.45, 7) is 3.91. The van der Waals surface area contributed by atoms with Crippen molar-refractivity contribution < 1.29 is 17.9 Å². The van der Waals surface area contributed by atoms with Gasteiger partial charge in [-0.3, -0.25) is 4.79 Å². The van der Waals surface area contributed by atoms with Crippen LogP contribution in [0.4, 0.5) is 0 Å². The fourth-order valence-electron chi connectivity index (χ4n) is 2.78. The van der Waals surface area contributed by atoms with Gasteiger partial charge in [0.1, 0.15) is 9.96 Å². The fraction of sp³-hybridized carbons (Fsp3) is 0.389. The second kappa shape index (κ2) is 9.49. The van der Waals surface area contributed by atoms with E-state index in [2.05, 4.69) is 0 Å². The first kappa shape index (κ1) is 21.4. The Labute approximate surface area is 178 Å². The molecule has 10 heteroatoms. The molecule has 28 heavy (non-hydrogen) atoms. The number of carbonyl (C=O) groups excluding carboxylic acids is 1. The molecule has 0 atom stereocenters. The van der Waals surface area contributed by atoms with Gasteiger partial charge in [0.15, 0.2) is 0 Å². The topological polar surface area (TPSA) is 66.9 Å². The quantitative estimate of drug-likeness (QED) is 0.592. The number of carbonyl (C=O) groups is 1. The third-order valence-electron chi connectivity index (χ3n) is 4.23. The van der Waals surface area contributed by atoms with Crippen molar-refractivity contribution in [3.63, 3.8) is 0 Å². The van der Waals surface area contributed by atoms with Gasteiger partial charge in [0.05, 0.1) is 16.7 Å². The number of thioether (sulfide) groups is 1. The van der Waals surface area contributed by atoms with Gasteiger partial charge in [-0.1, -0.05) is 11.6 Å².